The van der Waals surface area contributed by atoms with E-state index in [2.05, 4.69) is 18.7 Å². The first kappa shape index (κ1) is 15.7. The molecule has 1 aromatic carbocycles. The Morgan fingerprint density at radius 2 is 2.05 bits per heavy atom. The number of nitrogens with zero attached hydrogens (tertiary/aromatic N) is 2. The molecule has 1 aliphatic rings. The van der Waals surface area contributed by atoms with Crippen LogP contribution in [0.1, 0.15) is 19.4 Å². The molecule has 0 radical (unpaired) electrons. The van der Waals surface area contributed by atoms with Crippen LogP contribution in [0.2, 0.25) is 0 Å². The zero-order valence-electron chi connectivity index (χ0n) is 12.7. The molecule has 6 nitrogen and oxygen atoms in total. The first-order chi connectivity index (χ1) is 9.95. The van der Waals surface area contributed by atoms with E-state index in [-0.39, 0.29) is 22.8 Å². The van der Waals surface area contributed by atoms with Gasteiger partial charge in [0.1, 0.15) is 12.4 Å². The minimum atomic E-state index is -0.379. The average Bonchev–Trinajstić information content (AvgIpc) is 2.37. The molecule has 0 N–H and O–H groups in total. The fourth-order valence-electron chi connectivity index (χ4n) is 2.68. The monoisotopic (exact) mass is 294 g/mol. The standard InChI is InChI=1S/C15H22N2O4/c1-11-8-14(4-5-15(11)17(18)19)20-7-6-16-9-12(2)21-13(3)10-16/h4-5,8,12-13H,6-7,9-10H2,1-3H3/t12-,13+. The number of hydrogen-bond acceptors (Lipinski definition) is 5. The van der Waals surface area contributed by atoms with Crippen LogP contribution in [-0.2, 0) is 4.74 Å². The van der Waals surface area contributed by atoms with E-state index in [1.54, 1.807) is 19.1 Å². The molecule has 21 heavy (non-hydrogen) atoms. The maximum Gasteiger partial charge on any atom is 0.272 e. The topological polar surface area (TPSA) is 64.8 Å². The molecule has 1 aliphatic heterocycles. The zero-order chi connectivity index (χ0) is 15.4. The van der Waals surface area contributed by atoms with Crippen LogP contribution in [0.5, 0.6) is 5.75 Å². The van der Waals surface area contributed by atoms with E-state index in [1.807, 2.05) is 0 Å². The zero-order valence-corrected chi connectivity index (χ0v) is 12.7. The maximum atomic E-state index is 10.8. The minimum absolute atomic E-state index is 0.123. The molecule has 2 rings (SSSR count). The van der Waals surface area contributed by atoms with Gasteiger partial charge in [0.05, 0.1) is 17.1 Å². The highest BCUT2D eigenvalue weighted by Gasteiger charge is 2.21. The highest BCUT2D eigenvalue weighted by Crippen LogP contribution is 2.23. The van der Waals surface area contributed by atoms with E-state index < -0.39 is 0 Å². The van der Waals surface area contributed by atoms with Gasteiger partial charge >= 0.3 is 0 Å². The number of benzene rings is 1. The lowest BCUT2D eigenvalue weighted by Crippen LogP contribution is -2.46. The van der Waals surface area contributed by atoms with Crippen LogP contribution < -0.4 is 4.74 Å². The largest absolute Gasteiger partial charge is 0.492 e. The minimum Gasteiger partial charge on any atom is -0.492 e. The molecule has 0 unspecified atom stereocenters. The van der Waals surface area contributed by atoms with Gasteiger partial charge in [0.25, 0.3) is 5.69 Å². The quantitative estimate of drug-likeness (QED) is 0.616. The van der Waals surface area contributed by atoms with E-state index in [1.165, 1.54) is 6.07 Å². The van der Waals surface area contributed by atoms with Gasteiger partial charge in [0.15, 0.2) is 0 Å². The van der Waals surface area contributed by atoms with Crippen LogP contribution in [0.25, 0.3) is 0 Å². The predicted octanol–water partition coefficient (Wildman–Crippen LogP) is 2.39. The summed E-state index contributed by atoms with van der Waals surface area (Å²) in [4.78, 5) is 12.7. The highest BCUT2D eigenvalue weighted by molar-refractivity contribution is 5.44. The smallest absolute Gasteiger partial charge is 0.272 e. The van der Waals surface area contributed by atoms with Crippen molar-refractivity contribution >= 4 is 5.69 Å². The van der Waals surface area contributed by atoms with E-state index in [4.69, 9.17) is 9.47 Å². The number of aryl methyl sites for hydroxylation is 1. The molecule has 2 atom stereocenters. The molecular formula is C15H22N2O4. The summed E-state index contributed by atoms with van der Waals surface area (Å²) in [6, 6.07) is 4.85. The first-order valence-electron chi connectivity index (χ1n) is 7.21. The summed E-state index contributed by atoms with van der Waals surface area (Å²) in [5, 5.41) is 10.8. The lowest BCUT2D eigenvalue weighted by atomic mass is 10.2. The van der Waals surface area contributed by atoms with Gasteiger partial charge in [-0.25, -0.2) is 0 Å². The summed E-state index contributed by atoms with van der Waals surface area (Å²) in [5.41, 5.74) is 0.740. The molecule has 0 bridgehead atoms. The highest BCUT2D eigenvalue weighted by atomic mass is 16.6. The van der Waals surface area contributed by atoms with Crippen molar-refractivity contribution < 1.29 is 14.4 Å². The van der Waals surface area contributed by atoms with E-state index in [9.17, 15) is 10.1 Å². The van der Waals surface area contributed by atoms with Gasteiger partial charge in [0.2, 0.25) is 0 Å². The van der Waals surface area contributed by atoms with Crippen LogP contribution in [-0.4, -0.2) is 48.3 Å². The fraction of sp³-hybridized carbons (Fsp3) is 0.600. The average molecular weight is 294 g/mol. The van der Waals surface area contributed by atoms with Gasteiger partial charge in [-0.2, -0.15) is 0 Å². The summed E-state index contributed by atoms with van der Waals surface area (Å²) in [7, 11) is 0. The SMILES string of the molecule is Cc1cc(OCCN2C[C@@H](C)O[C@@H](C)C2)ccc1[N+](=O)[O-]. The van der Waals surface area contributed by atoms with Gasteiger partial charge < -0.3 is 9.47 Å². The molecular weight excluding hydrogens is 272 g/mol. The molecule has 0 spiro atoms. The molecule has 1 heterocycles. The van der Waals surface area contributed by atoms with Gasteiger partial charge in [-0.1, -0.05) is 0 Å². The Bertz CT molecular complexity index is 496. The molecule has 0 saturated carbocycles. The third-order valence-corrected chi connectivity index (χ3v) is 3.54. The number of hydrogen-bond donors (Lipinski definition) is 0. The van der Waals surface area contributed by atoms with E-state index in [0.717, 1.165) is 19.6 Å². The van der Waals surface area contributed by atoms with Gasteiger partial charge in [-0.15, -0.1) is 0 Å². The summed E-state index contributed by atoms with van der Waals surface area (Å²) in [5.74, 6) is 0.674. The Morgan fingerprint density at radius 1 is 1.38 bits per heavy atom. The van der Waals surface area contributed by atoms with Crippen LogP contribution in [0.4, 0.5) is 5.69 Å². The Kier molecular flexibility index (Phi) is 5.14. The van der Waals surface area contributed by atoms with Crippen molar-refractivity contribution in [3.8, 4) is 5.75 Å². The van der Waals surface area contributed by atoms with Gasteiger partial charge in [0, 0.05) is 31.3 Å². The van der Waals surface area contributed by atoms with Crippen molar-refractivity contribution in [3.63, 3.8) is 0 Å². The van der Waals surface area contributed by atoms with Crippen molar-refractivity contribution in [1.82, 2.24) is 4.90 Å². The number of nitro benzene ring substituents is 1. The van der Waals surface area contributed by atoms with Crippen LogP contribution in [0.3, 0.4) is 0 Å². The van der Waals surface area contributed by atoms with Crippen molar-refractivity contribution in [2.24, 2.45) is 0 Å². The lowest BCUT2D eigenvalue weighted by Gasteiger charge is -2.35. The van der Waals surface area contributed by atoms with Crippen molar-refractivity contribution in [3.05, 3.63) is 33.9 Å². The molecule has 116 valence electrons. The van der Waals surface area contributed by atoms with Gasteiger partial charge in [-0.3, -0.25) is 15.0 Å². The van der Waals surface area contributed by atoms with Crippen molar-refractivity contribution in [2.45, 2.75) is 33.0 Å². The third kappa shape index (κ3) is 4.41. The summed E-state index contributed by atoms with van der Waals surface area (Å²) in [6.07, 6.45) is 0.491. The van der Waals surface area contributed by atoms with E-state index in [0.29, 0.717) is 17.9 Å². The summed E-state index contributed by atoms with van der Waals surface area (Å²) >= 11 is 0. The van der Waals surface area contributed by atoms with Crippen molar-refractivity contribution in [2.75, 3.05) is 26.2 Å². The molecule has 1 fully saturated rings. The number of nitro groups is 1. The number of ether oxygens (including phenoxy) is 2. The Labute approximate surface area is 124 Å². The number of rotatable bonds is 5. The van der Waals surface area contributed by atoms with Crippen LogP contribution in [0, 0.1) is 17.0 Å². The molecule has 0 aromatic heterocycles. The summed E-state index contributed by atoms with van der Waals surface area (Å²) < 4.78 is 11.4. The lowest BCUT2D eigenvalue weighted by molar-refractivity contribution is -0.385. The third-order valence-electron chi connectivity index (χ3n) is 3.54. The molecule has 0 aliphatic carbocycles. The second-order valence-electron chi connectivity index (χ2n) is 5.57. The van der Waals surface area contributed by atoms with Gasteiger partial charge in [-0.05, 0) is 32.9 Å². The second kappa shape index (κ2) is 6.87. The molecule has 0 amide bonds. The van der Waals surface area contributed by atoms with Crippen LogP contribution >= 0.6 is 0 Å². The molecule has 1 aromatic rings. The Balaban J connectivity index is 1.83. The number of morpholine rings is 1. The summed E-state index contributed by atoms with van der Waals surface area (Å²) in [6.45, 7) is 9.08. The Morgan fingerprint density at radius 3 is 2.62 bits per heavy atom. The maximum absolute atomic E-state index is 10.8. The first-order valence-corrected chi connectivity index (χ1v) is 7.21. The normalized spacial score (nSPS) is 23.0. The fourth-order valence-corrected chi connectivity index (χ4v) is 2.68. The van der Waals surface area contributed by atoms with E-state index >= 15 is 0 Å². The molecule has 6 heteroatoms. The van der Waals surface area contributed by atoms with Crippen LogP contribution in [0.15, 0.2) is 18.2 Å². The second-order valence-corrected chi connectivity index (χ2v) is 5.57. The molecule has 1 saturated heterocycles. The Hall–Kier alpha value is -1.66. The predicted molar refractivity (Wildman–Crippen MR) is 79.8 cm³/mol. The van der Waals surface area contributed by atoms with Crippen molar-refractivity contribution in [1.29, 1.82) is 0 Å².